The third-order valence-corrected chi connectivity index (χ3v) is 3.11. The van der Waals surface area contributed by atoms with Gasteiger partial charge in [-0.1, -0.05) is 13.8 Å². The molecule has 0 radical (unpaired) electrons. The fourth-order valence-electron chi connectivity index (χ4n) is 1.87. The van der Waals surface area contributed by atoms with Crippen molar-refractivity contribution in [1.82, 2.24) is 5.32 Å². The van der Waals surface area contributed by atoms with Crippen LogP contribution in [0.5, 0.6) is 5.75 Å². The fraction of sp³-hybridized carbons (Fsp3) is 0.467. The van der Waals surface area contributed by atoms with Gasteiger partial charge in [0.2, 0.25) is 0 Å². The number of hydrogen-bond donors (Lipinski definition) is 2. The highest BCUT2D eigenvalue weighted by atomic mass is 16.5. The van der Waals surface area contributed by atoms with Crippen LogP contribution in [0.25, 0.3) is 11.0 Å². The summed E-state index contributed by atoms with van der Waals surface area (Å²) in [5.74, 6) is 1.71. The monoisotopic (exact) mass is 263 g/mol. The van der Waals surface area contributed by atoms with Gasteiger partial charge in [0.15, 0.2) is 0 Å². The van der Waals surface area contributed by atoms with Gasteiger partial charge in [-0.3, -0.25) is 0 Å². The molecule has 19 heavy (non-hydrogen) atoms. The van der Waals surface area contributed by atoms with E-state index in [-0.39, 0.29) is 12.0 Å². The van der Waals surface area contributed by atoms with Crippen molar-refractivity contribution in [2.45, 2.75) is 20.4 Å². The van der Waals surface area contributed by atoms with Gasteiger partial charge in [-0.05, 0) is 24.3 Å². The normalized spacial score (nSPS) is 12.0. The van der Waals surface area contributed by atoms with Crippen molar-refractivity contribution in [3.63, 3.8) is 0 Å². The SMILES string of the molecule is COc1ccc2oc(CNCC(C)(C)CO)cc2c1. The number of rotatable bonds is 6. The predicted molar refractivity (Wildman–Crippen MR) is 75.3 cm³/mol. The second-order valence-corrected chi connectivity index (χ2v) is 5.54. The maximum Gasteiger partial charge on any atom is 0.134 e. The summed E-state index contributed by atoms with van der Waals surface area (Å²) < 4.78 is 10.9. The van der Waals surface area contributed by atoms with Gasteiger partial charge in [0, 0.05) is 24.0 Å². The zero-order chi connectivity index (χ0) is 13.9. The van der Waals surface area contributed by atoms with Crippen LogP contribution in [0, 0.1) is 5.41 Å². The summed E-state index contributed by atoms with van der Waals surface area (Å²) >= 11 is 0. The fourth-order valence-corrected chi connectivity index (χ4v) is 1.87. The van der Waals surface area contributed by atoms with Crippen molar-refractivity contribution < 1.29 is 14.3 Å². The van der Waals surface area contributed by atoms with Gasteiger partial charge >= 0.3 is 0 Å². The van der Waals surface area contributed by atoms with E-state index in [4.69, 9.17) is 9.15 Å². The van der Waals surface area contributed by atoms with Crippen LogP contribution in [-0.2, 0) is 6.54 Å². The summed E-state index contributed by atoms with van der Waals surface area (Å²) in [6.45, 7) is 5.59. The first-order valence-corrected chi connectivity index (χ1v) is 6.42. The molecule has 1 heterocycles. The lowest BCUT2D eigenvalue weighted by molar-refractivity contribution is 0.156. The molecule has 1 aromatic carbocycles. The van der Waals surface area contributed by atoms with E-state index in [1.165, 1.54) is 0 Å². The molecule has 0 aliphatic rings. The Bertz CT molecular complexity index is 545. The molecule has 0 fully saturated rings. The van der Waals surface area contributed by atoms with Crippen LogP contribution in [0.2, 0.25) is 0 Å². The molecular formula is C15H21NO3. The Kier molecular flexibility index (Phi) is 4.12. The Labute approximate surface area is 113 Å². The number of methoxy groups -OCH3 is 1. The molecule has 2 N–H and O–H groups in total. The minimum absolute atomic E-state index is 0.116. The number of nitrogens with one attached hydrogen (secondary N) is 1. The number of aliphatic hydroxyl groups is 1. The van der Waals surface area contributed by atoms with Gasteiger partial charge in [0.1, 0.15) is 17.1 Å². The molecule has 2 aromatic rings. The van der Waals surface area contributed by atoms with Crippen molar-refractivity contribution in [3.05, 3.63) is 30.0 Å². The molecule has 0 atom stereocenters. The first kappa shape index (κ1) is 13.9. The molecule has 1 aromatic heterocycles. The highest BCUT2D eigenvalue weighted by molar-refractivity contribution is 5.79. The van der Waals surface area contributed by atoms with Crippen LogP contribution in [-0.4, -0.2) is 25.4 Å². The Morgan fingerprint density at radius 1 is 1.32 bits per heavy atom. The van der Waals surface area contributed by atoms with E-state index in [0.717, 1.165) is 29.0 Å². The molecule has 0 bridgehead atoms. The Balaban J connectivity index is 2.01. The molecule has 0 saturated carbocycles. The molecule has 0 unspecified atom stereocenters. The van der Waals surface area contributed by atoms with Gasteiger partial charge in [-0.2, -0.15) is 0 Å². The Hall–Kier alpha value is -1.52. The number of aliphatic hydroxyl groups excluding tert-OH is 1. The van der Waals surface area contributed by atoms with Crippen molar-refractivity contribution in [1.29, 1.82) is 0 Å². The second-order valence-electron chi connectivity index (χ2n) is 5.54. The lowest BCUT2D eigenvalue weighted by atomic mass is 9.95. The molecule has 0 saturated heterocycles. The molecule has 104 valence electrons. The molecule has 4 nitrogen and oxygen atoms in total. The minimum Gasteiger partial charge on any atom is -0.497 e. The minimum atomic E-state index is -0.116. The van der Waals surface area contributed by atoms with Crippen LogP contribution < -0.4 is 10.1 Å². The van der Waals surface area contributed by atoms with E-state index >= 15 is 0 Å². The topological polar surface area (TPSA) is 54.6 Å². The number of ether oxygens (including phenoxy) is 1. The molecule has 0 aliphatic carbocycles. The standard InChI is InChI=1S/C15H21NO3/c1-15(2,10-17)9-16-8-13-7-11-6-12(18-3)4-5-14(11)19-13/h4-7,16-17H,8-10H2,1-3H3. The van der Waals surface area contributed by atoms with Crippen LogP contribution in [0.3, 0.4) is 0 Å². The molecule has 0 amide bonds. The summed E-state index contributed by atoms with van der Waals surface area (Å²) in [7, 11) is 1.65. The number of benzene rings is 1. The van der Waals surface area contributed by atoms with Crippen molar-refractivity contribution >= 4 is 11.0 Å². The van der Waals surface area contributed by atoms with E-state index in [1.54, 1.807) is 7.11 Å². The quantitative estimate of drug-likeness (QED) is 0.841. The average molecular weight is 263 g/mol. The van der Waals surface area contributed by atoms with Crippen LogP contribution in [0.4, 0.5) is 0 Å². The summed E-state index contributed by atoms with van der Waals surface area (Å²) in [6, 6.07) is 7.77. The average Bonchev–Trinajstić information content (AvgIpc) is 2.79. The maximum atomic E-state index is 9.19. The van der Waals surface area contributed by atoms with E-state index in [1.807, 2.05) is 38.1 Å². The van der Waals surface area contributed by atoms with Crippen LogP contribution in [0.15, 0.2) is 28.7 Å². The summed E-state index contributed by atoms with van der Waals surface area (Å²) in [4.78, 5) is 0. The first-order chi connectivity index (χ1) is 9.04. The first-order valence-electron chi connectivity index (χ1n) is 6.42. The maximum absolute atomic E-state index is 9.19. The highest BCUT2D eigenvalue weighted by Crippen LogP contribution is 2.24. The van der Waals surface area contributed by atoms with Gasteiger partial charge in [0.25, 0.3) is 0 Å². The van der Waals surface area contributed by atoms with E-state index in [2.05, 4.69) is 5.32 Å². The van der Waals surface area contributed by atoms with Crippen LogP contribution >= 0.6 is 0 Å². The number of furan rings is 1. The van der Waals surface area contributed by atoms with Crippen molar-refractivity contribution in [3.8, 4) is 5.75 Å². The molecular weight excluding hydrogens is 242 g/mol. The second kappa shape index (κ2) is 5.63. The zero-order valence-electron chi connectivity index (χ0n) is 11.7. The van der Waals surface area contributed by atoms with Gasteiger partial charge < -0.3 is 19.6 Å². The van der Waals surface area contributed by atoms with Gasteiger partial charge in [-0.15, -0.1) is 0 Å². The lowest BCUT2D eigenvalue weighted by Crippen LogP contribution is -2.31. The Morgan fingerprint density at radius 2 is 2.11 bits per heavy atom. The van der Waals surface area contributed by atoms with Crippen molar-refractivity contribution in [2.75, 3.05) is 20.3 Å². The third-order valence-electron chi connectivity index (χ3n) is 3.11. The highest BCUT2D eigenvalue weighted by Gasteiger charge is 2.15. The molecule has 2 rings (SSSR count). The van der Waals surface area contributed by atoms with Crippen LogP contribution in [0.1, 0.15) is 19.6 Å². The number of hydrogen-bond acceptors (Lipinski definition) is 4. The van der Waals surface area contributed by atoms with Gasteiger partial charge in [0.05, 0.1) is 13.7 Å². The number of fused-ring (bicyclic) bond motifs is 1. The Morgan fingerprint density at radius 3 is 2.79 bits per heavy atom. The van der Waals surface area contributed by atoms with E-state index in [0.29, 0.717) is 6.54 Å². The summed E-state index contributed by atoms with van der Waals surface area (Å²) in [5, 5.41) is 13.5. The van der Waals surface area contributed by atoms with Gasteiger partial charge in [-0.25, -0.2) is 0 Å². The predicted octanol–water partition coefficient (Wildman–Crippen LogP) is 2.55. The molecule has 0 aliphatic heterocycles. The summed E-state index contributed by atoms with van der Waals surface area (Å²) in [5.41, 5.74) is 0.744. The lowest BCUT2D eigenvalue weighted by Gasteiger charge is -2.21. The molecule has 4 heteroatoms. The molecule has 0 spiro atoms. The smallest absolute Gasteiger partial charge is 0.134 e. The van der Waals surface area contributed by atoms with E-state index in [9.17, 15) is 5.11 Å². The third kappa shape index (κ3) is 3.49. The van der Waals surface area contributed by atoms with E-state index < -0.39 is 0 Å². The zero-order valence-corrected chi connectivity index (χ0v) is 11.7. The van der Waals surface area contributed by atoms with Crippen molar-refractivity contribution in [2.24, 2.45) is 5.41 Å². The summed E-state index contributed by atoms with van der Waals surface area (Å²) in [6.07, 6.45) is 0. The largest absolute Gasteiger partial charge is 0.497 e.